The molecule has 1 heteroatoms. The van der Waals surface area contributed by atoms with Gasteiger partial charge < -0.3 is 5.73 Å². The van der Waals surface area contributed by atoms with Crippen molar-refractivity contribution in [3.05, 3.63) is 0 Å². The summed E-state index contributed by atoms with van der Waals surface area (Å²) in [4.78, 5) is 0. The Kier molecular flexibility index (Phi) is 0.963. The fraction of sp³-hybridized carbons (Fsp3) is 1.00. The zero-order chi connectivity index (χ0) is 6.48. The van der Waals surface area contributed by atoms with E-state index in [0.717, 1.165) is 18.4 Å². The van der Waals surface area contributed by atoms with E-state index in [2.05, 4.69) is 6.92 Å². The van der Waals surface area contributed by atoms with Crippen molar-refractivity contribution in [1.82, 2.24) is 0 Å². The van der Waals surface area contributed by atoms with E-state index >= 15 is 0 Å². The molecule has 2 N–H and O–H groups in total. The van der Waals surface area contributed by atoms with E-state index in [1.165, 1.54) is 19.3 Å². The van der Waals surface area contributed by atoms with Gasteiger partial charge >= 0.3 is 0 Å². The highest BCUT2D eigenvalue weighted by Gasteiger charge is 2.57. The molecule has 0 heterocycles. The molecule has 0 amide bonds. The van der Waals surface area contributed by atoms with Crippen LogP contribution in [0.5, 0.6) is 0 Å². The number of hydrogen-bond acceptors (Lipinski definition) is 1. The molecule has 1 nitrogen and oxygen atoms in total. The van der Waals surface area contributed by atoms with E-state index in [9.17, 15) is 0 Å². The maximum Gasteiger partial charge on any atom is -0.00433 e. The molecule has 0 spiro atoms. The number of hydrogen-bond donors (Lipinski definition) is 1. The highest BCUT2D eigenvalue weighted by molar-refractivity contribution is 5.07. The molecule has 2 saturated carbocycles. The Bertz CT molecular complexity index is 129. The van der Waals surface area contributed by atoms with Gasteiger partial charge in [0.2, 0.25) is 0 Å². The molecule has 0 radical (unpaired) electrons. The second-order valence-electron chi connectivity index (χ2n) is 3.92. The van der Waals surface area contributed by atoms with Crippen LogP contribution in [-0.4, -0.2) is 6.54 Å². The lowest BCUT2D eigenvalue weighted by Crippen LogP contribution is -2.09. The molecule has 52 valence electrons. The van der Waals surface area contributed by atoms with Crippen LogP contribution in [0.4, 0.5) is 0 Å². The molecule has 0 bridgehead atoms. The minimum absolute atomic E-state index is 0.703. The molecular weight excluding hydrogens is 110 g/mol. The van der Waals surface area contributed by atoms with Crippen LogP contribution in [0.15, 0.2) is 0 Å². The first kappa shape index (κ1) is 5.72. The molecule has 0 aromatic carbocycles. The molecule has 9 heavy (non-hydrogen) atoms. The maximum atomic E-state index is 5.57. The van der Waals surface area contributed by atoms with Crippen LogP contribution in [-0.2, 0) is 0 Å². The zero-order valence-corrected chi connectivity index (χ0v) is 6.06. The van der Waals surface area contributed by atoms with E-state index < -0.39 is 0 Å². The van der Waals surface area contributed by atoms with Gasteiger partial charge in [-0.05, 0) is 43.1 Å². The van der Waals surface area contributed by atoms with Crippen molar-refractivity contribution in [2.24, 2.45) is 23.0 Å². The Labute approximate surface area is 56.6 Å². The summed E-state index contributed by atoms with van der Waals surface area (Å²) < 4.78 is 0. The Balaban J connectivity index is 1.95. The number of nitrogens with two attached hydrogens (primary N) is 1. The van der Waals surface area contributed by atoms with Gasteiger partial charge in [0.1, 0.15) is 0 Å². The van der Waals surface area contributed by atoms with Crippen LogP contribution in [0, 0.1) is 17.3 Å². The van der Waals surface area contributed by atoms with Gasteiger partial charge in [0.25, 0.3) is 0 Å². The first-order valence-electron chi connectivity index (χ1n) is 3.97. The summed E-state index contributed by atoms with van der Waals surface area (Å²) in [5, 5.41) is 0. The van der Waals surface area contributed by atoms with Gasteiger partial charge in [0, 0.05) is 0 Å². The summed E-state index contributed by atoms with van der Waals surface area (Å²) in [7, 11) is 0. The van der Waals surface area contributed by atoms with Crippen LogP contribution in [0.25, 0.3) is 0 Å². The summed E-state index contributed by atoms with van der Waals surface area (Å²) >= 11 is 0. The lowest BCUT2D eigenvalue weighted by Gasteiger charge is -2.06. The van der Waals surface area contributed by atoms with Crippen molar-refractivity contribution < 1.29 is 0 Å². The zero-order valence-electron chi connectivity index (χ0n) is 6.06. The third-order valence-electron chi connectivity index (χ3n) is 3.25. The third kappa shape index (κ3) is 0.710. The Morgan fingerprint density at radius 2 is 2.22 bits per heavy atom. The van der Waals surface area contributed by atoms with Crippen molar-refractivity contribution in [2.75, 3.05) is 6.54 Å². The molecule has 2 aliphatic rings. The number of rotatable bonds is 2. The van der Waals surface area contributed by atoms with Gasteiger partial charge in [-0.15, -0.1) is 0 Å². The maximum absolute atomic E-state index is 5.57. The van der Waals surface area contributed by atoms with Crippen LogP contribution < -0.4 is 5.73 Å². The van der Waals surface area contributed by atoms with E-state index in [1.54, 1.807) is 0 Å². The average molecular weight is 125 g/mol. The monoisotopic (exact) mass is 125 g/mol. The van der Waals surface area contributed by atoms with Gasteiger partial charge in [0.05, 0.1) is 0 Å². The summed E-state index contributed by atoms with van der Waals surface area (Å²) in [5.41, 5.74) is 6.28. The highest BCUT2D eigenvalue weighted by atomic mass is 14.7. The molecule has 2 aliphatic carbocycles. The molecule has 0 saturated heterocycles. The second-order valence-corrected chi connectivity index (χ2v) is 3.92. The van der Waals surface area contributed by atoms with Crippen molar-refractivity contribution in [3.8, 4) is 0 Å². The van der Waals surface area contributed by atoms with Crippen LogP contribution in [0.2, 0.25) is 0 Å². The van der Waals surface area contributed by atoms with Crippen molar-refractivity contribution in [1.29, 1.82) is 0 Å². The highest BCUT2D eigenvalue weighted by Crippen LogP contribution is 2.64. The molecule has 0 aromatic rings. The SMILES string of the molecule is C[C@]1(C2CC2)C[C@@H]1CN. The molecule has 0 aliphatic heterocycles. The summed E-state index contributed by atoms with van der Waals surface area (Å²) in [6.45, 7) is 3.33. The van der Waals surface area contributed by atoms with E-state index in [-0.39, 0.29) is 0 Å². The molecular formula is C8H15N. The second kappa shape index (κ2) is 1.51. The fourth-order valence-electron chi connectivity index (χ4n) is 2.07. The summed E-state index contributed by atoms with van der Waals surface area (Å²) in [6, 6.07) is 0. The van der Waals surface area contributed by atoms with Gasteiger partial charge in [-0.3, -0.25) is 0 Å². The lowest BCUT2D eigenvalue weighted by atomic mass is 10.0. The van der Waals surface area contributed by atoms with Crippen molar-refractivity contribution in [2.45, 2.75) is 26.2 Å². The van der Waals surface area contributed by atoms with Crippen molar-refractivity contribution >= 4 is 0 Å². The van der Waals surface area contributed by atoms with Crippen LogP contribution in [0.3, 0.4) is 0 Å². The quantitative estimate of drug-likeness (QED) is 0.593. The van der Waals surface area contributed by atoms with Gasteiger partial charge in [-0.25, -0.2) is 0 Å². The minimum atomic E-state index is 0.703. The molecule has 2 atom stereocenters. The topological polar surface area (TPSA) is 26.0 Å². The molecule has 0 unspecified atom stereocenters. The standard InChI is InChI=1S/C8H15N/c1-8(6-2-3-6)4-7(8)5-9/h6-7H,2-5,9H2,1H3/t7-,8-/m1/s1. The molecule has 2 fully saturated rings. The average Bonchev–Trinajstić information content (AvgIpc) is 2.54. The van der Waals surface area contributed by atoms with Gasteiger partial charge in [-0.1, -0.05) is 6.92 Å². The summed E-state index contributed by atoms with van der Waals surface area (Å²) in [5.74, 6) is 1.94. The molecule has 0 aromatic heterocycles. The van der Waals surface area contributed by atoms with Crippen molar-refractivity contribution in [3.63, 3.8) is 0 Å². The minimum Gasteiger partial charge on any atom is -0.330 e. The Morgan fingerprint density at radius 1 is 1.56 bits per heavy atom. The van der Waals surface area contributed by atoms with E-state index in [0.29, 0.717) is 5.41 Å². The summed E-state index contributed by atoms with van der Waals surface area (Å²) in [6.07, 6.45) is 4.37. The first-order valence-corrected chi connectivity index (χ1v) is 3.97. The lowest BCUT2D eigenvalue weighted by molar-refractivity contribution is 0.439. The normalized spacial score (nSPS) is 49.3. The smallest absolute Gasteiger partial charge is 0.00433 e. The van der Waals surface area contributed by atoms with Crippen LogP contribution in [0.1, 0.15) is 26.2 Å². The van der Waals surface area contributed by atoms with Gasteiger partial charge in [0.15, 0.2) is 0 Å². The fourth-order valence-corrected chi connectivity index (χ4v) is 2.07. The Morgan fingerprint density at radius 3 is 2.56 bits per heavy atom. The van der Waals surface area contributed by atoms with E-state index in [1.807, 2.05) is 0 Å². The predicted octanol–water partition coefficient (Wildman–Crippen LogP) is 1.38. The van der Waals surface area contributed by atoms with Crippen LogP contribution >= 0.6 is 0 Å². The predicted molar refractivity (Wildman–Crippen MR) is 38.0 cm³/mol. The largest absolute Gasteiger partial charge is 0.330 e. The van der Waals surface area contributed by atoms with Gasteiger partial charge in [-0.2, -0.15) is 0 Å². The first-order chi connectivity index (χ1) is 4.27. The Hall–Kier alpha value is -0.0400. The molecule has 2 rings (SSSR count). The third-order valence-corrected chi connectivity index (χ3v) is 3.25. The van der Waals surface area contributed by atoms with E-state index in [4.69, 9.17) is 5.73 Å².